The van der Waals surface area contributed by atoms with Gasteiger partial charge in [0.1, 0.15) is 17.3 Å². The molecule has 9 heteroatoms. The Morgan fingerprint density at radius 3 is 2.39 bits per heavy atom. The Morgan fingerprint density at radius 2 is 1.77 bits per heavy atom. The van der Waals surface area contributed by atoms with Gasteiger partial charge in [-0.25, -0.2) is 10.9 Å². The van der Waals surface area contributed by atoms with Gasteiger partial charge in [-0.1, -0.05) is 12.1 Å². The Bertz CT molecular complexity index is 918. The first-order valence-electron chi connectivity index (χ1n) is 10.00. The molecule has 2 unspecified atom stereocenters. The van der Waals surface area contributed by atoms with Crippen molar-refractivity contribution in [3.05, 3.63) is 59.7 Å². The summed E-state index contributed by atoms with van der Waals surface area (Å²) in [5.74, 6) is 0.590. The lowest BCUT2D eigenvalue weighted by Crippen LogP contribution is -2.64. The first kappa shape index (κ1) is 22.8. The van der Waals surface area contributed by atoms with Gasteiger partial charge in [0.25, 0.3) is 0 Å². The molecule has 2 aromatic carbocycles. The van der Waals surface area contributed by atoms with Crippen LogP contribution in [-0.2, 0) is 16.0 Å². The minimum absolute atomic E-state index is 0.0270. The maximum atomic E-state index is 12.4. The van der Waals surface area contributed by atoms with Crippen LogP contribution in [-0.4, -0.2) is 41.5 Å². The number of benzene rings is 2. The molecule has 0 bridgehead atoms. The predicted molar refractivity (Wildman–Crippen MR) is 121 cm³/mol. The predicted octanol–water partition coefficient (Wildman–Crippen LogP) is 2.08. The number of hydrazine groups is 1. The van der Waals surface area contributed by atoms with Crippen LogP contribution in [0.3, 0.4) is 0 Å². The third kappa shape index (κ3) is 6.81. The van der Waals surface area contributed by atoms with E-state index in [9.17, 15) is 14.4 Å². The lowest BCUT2D eigenvalue weighted by Gasteiger charge is -2.31. The summed E-state index contributed by atoms with van der Waals surface area (Å²) in [7, 11) is 0. The molecule has 0 radical (unpaired) electrons. The average molecular weight is 443 g/mol. The van der Waals surface area contributed by atoms with Gasteiger partial charge in [-0.2, -0.15) is 0 Å². The Labute approximate surface area is 185 Å². The lowest BCUT2D eigenvalue weighted by atomic mass is 10.1. The van der Waals surface area contributed by atoms with Gasteiger partial charge >= 0.3 is 0 Å². The van der Waals surface area contributed by atoms with Gasteiger partial charge in [0.15, 0.2) is 5.78 Å². The quantitative estimate of drug-likeness (QED) is 0.440. The van der Waals surface area contributed by atoms with Crippen LogP contribution >= 0.6 is 11.8 Å². The number of hydrogen-bond acceptors (Lipinski definition) is 7. The number of carbonyl (C=O) groups is 3. The van der Waals surface area contributed by atoms with Gasteiger partial charge in [0, 0.05) is 11.3 Å². The molecule has 2 atom stereocenters. The van der Waals surface area contributed by atoms with Crippen LogP contribution in [0.2, 0.25) is 0 Å². The Hall–Kier alpha value is -2.88. The number of Topliss-reactive ketones (excluding diaryl/α,β-unsaturated/α-hetero) is 1. The minimum Gasteiger partial charge on any atom is -0.494 e. The third-order valence-corrected chi connectivity index (χ3v) is 5.61. The van der Waals surface area contributed by atoms with Crippen LogP contribution in [0.1, 0.15) is 29.8 Å². The molecule has 1 saturated heterocycles. The molecule has 0 saturated carbocycles. The number of ketones is 1. The number of thioether (sulfide) groups is 1. The van der Waals surface area contributed by atoms with Crippen LogP contribution in [0, 0.1) is 0 Å². The largest absolute Gasteiger partial charge is 0.494 e. The van der Waals surface area contributed by atoms with Crippen molar-refractivity contribution < 1.29 is 19.1 Å². The van der Waals surface area contributed by atoms with Crippen molar-refractivity contribution in [2.45, 2.75) is 31.8 Å². The van der Waals surface area contributed by atoms with E-state index in [1.165, 1.54) is 18.7 Å². The van der Waals surface area contributed by atoms with Gasteiger partial charge in [0.2, 0.25) is 11.8 Å². The Balaban J connectivity index is 1.41. The van der Waals surface area contributed by atoms with E-state index >= 15 is 0 Å². The van der Waals surface area contributed by atoms with Gasteiger partial charge in [-0.05, 0) is 62.2 Å². The molecule has 0 aliphatic carbocycles. The lowest BCUT2D eigenvalue weighted by molar-refractivity contribution is -0.125. The Morgan fingerprint density at radius 1 is 1.06 bits per heavy atom. The fourth-order valence-corrected chi connectivity index (χ4v) is 3.74. The highest BCUT2D eigenvalue weighted by molar-refractivity contribution is 8.00. The molecule has 164 valence electrons. The van der Waals surface area contributed by atoms with Crippen LogP contribution in [0.15, 0.2) is 48.5 Å². The van der Waals surface area contributed by atoms with E-state index in [4.69, 9.17) is 4.74 Å². The molecule has 8 nitrogen and oxygen atoms in total. The van der Waals surface area contributed by atoms with E-state index in [1.54, 1.807) is 24.3 Å². The number of amides is 2. The third-order valence-electron chi connectivity index (χ3n) is 4.61. The van der Waals surface area contributed by atoms with Crippen molar-refractivity contribution >= 4 is 35.0 Å². The summed E-state index contributed by atoms with van der Waals surface area (Å²) < 4.78 is 5.43. The maximum Gasteiger partial charge on any atom is 0.240 e. The highest BCUT2D eigenvalue weighted by Crippen LogP contribution is 2.16. The molecule has 31 heavy (non-hydrogen) atoms. The fraction of sp³-hybridized carbons (Fsp3) is 0.318. The zero-order chi connectivity index (χ0) is 22.2. The number of hydrogen-bond donors (Lipinski definition) is 4. The van der Waals surface area contributed by atoms with Crippen molar-refractivity contribution in [3.63, 3.8) is 0 Å². The van der Waals surface area contributed by atoms with E-state index < -0.39 is 11.5 Å². The Kier molecular flexibility index (Phi) is 8.05. The molecule has 2 amide bonds. The average Bonchev–Trinajstić information content (AvgIpc) is 2.76. The van der Waals surface area contributed by atoms with Crippen molar-refractivity contribution in [3.8, 4) is 5.75 Å². The summed E-state index contributed by atoms with van der Waals surface area (Å²) in [6.45, 7) is 4.03. The standard InChI is InChI=1S/C22H26N4O4S/c1-3-30-18-10-4-15(5-11-18)12-19-21(29)24-22(26-25-19)31-13-20(28)23-17-8-6-16(7-9-17)14(2)27/h4-11,19,22,25-26H,3,12-13H2,1-2H3,(H,23,28)(H,24,29). The number of rotatable bonds is 9. The number of anilines is 1. The molecule has 3 rings (SSSR count). The zero-order valence-corrected chi connectivity index (χ0v) is 18.3. The first-order valence-corrected chi connectivity index (χ1v) is 11.0. The van der Waals surface area contributed by atoms with Crippen molar-refractivity contribution in [2.75, 3.05) is 17.7 Å². The molecule has 1 fully saturated rings. The monoisotopic (exact) mass is 442 g/mol. The van der Waals surface area contributed by atoms with Gasteiger partial charge < -0.3 is 15.4 Å². The van der Waals surface area contributed by atoms with E-state index in [0.29, 0.717) is 24.3 Å². The van der Waals surface area contributed by atoms with Crippen molar-refractivity contribution in [1.29, 1.82) is 0 Å². The number of carbonyl (C=O) groups excluding carboxylic acids is 3. The number of nitrogens with one attached hydrogen (secondary N) is 4. The first-order chi connectivity index (χ1) is 14.9. The smallest absolute Gasteiger partial charge is 0.240 e. The summed E-state index contributed by atoms with van der Waals surface area (Å²) in [5.41, 5.74) is 7.85. The molecule has 0 spiro atoms. The van der Waals surface area contributed by atoms with Crippen LogP contribution in [0.4, 0.5) is 5.69 Å². The van der Waals surface area contributed by atoms with Crippen LogP contribution in [0.5, 0.6) is 5.75 Å². The van der Waals surface area contributed by atoms with Gasteiger partial charge in [-0.15, -0.1) is 11.8 Å². The molecular formula is C22H26N4O4S. The summed E-state index contributed by atoms with van der Waals surface area (Å²) in [5, 5.41) is 5.64. The van der Waals surface area contributed by atoms with Crippen LogP contribution in [0.25, 0.3) is 0 Å². The van der Waals surface area contributed by atoms with Gasteiger partial charge in [-0.3, -0.25) is 14.4 Å². The summed E-state index contributed by atoms with van der Waals surface area (Å²) in [4.78, 5) is 35.9. The second-order valence-electron chi connectivity index (χ2n) is 7.00. The molecule has 2 aromatic rings. The van der Waals surface area contributed by atoms with E-state index in [-0.39, 0.29) is 23.4 Å². The van der Waals surface area contributed by atoms with E-state index in [2.05, 4.69) is 21.5 Å². The number of ether oxygens (including phenoxy) is 1. The second kappa shape index (κ2) is 10.9. The molecule has 1 heterocycles. The maximum absolute atomic E-state index is 12.4. The van der Waals surface area contributed by atoms with Crippen LogP contribution < -0.4 is 26.2 Å². The summed E-state index contributed by atoms with van der Waals surface area (Å²) in [6, 6.07) is 14.0. The van der Waals surface area contributed by atoms with Gasteiger partial charge in [0.05, 0.1) is 12.4 Å². The molecular weight excluding hydrogens is 416 g/mol. The zero-order valence-electron chi connectivity index (χ0n) is 17.4. The molecule has 1 aliphatic rings. The molecule has 1 aliphatic heterocycles. The summed E-state index contributed by atoms with van der Waals surface area (Å²) >= 11 is 1.26. The fourth-order valence-electron chi connectivity index (χ4n) is 3.00. The van der Waals surface area contributed by atoms with E-state index in [1.807, 2.05) is 31.2 Å². The molecule has 4 N–H and O–H groups in total. The minimum atomic E-state index is -0.421. The van der Waals surface area contributed by atoms with E-state index in [0.717, 1.165) is 11.3 Å². The van der Waals surface area contributed by atoms with Crippen molar-refractivity contribution in [1.82, 2.24) is 16.2 Å². The second-order valence-corrected chi connectivity index (χ2v) is 8.10. The molecule has 0 aromatic heterocycles. The normalized spacial score (nSPS) is 18.2. The topological polar surface area (TPSA) is 109 Å². The van der Waals surface area contributed by atoms with Crippen molar-refractivity contribution in [2.24, 2.45) is 0 Å². The highest BCUT2D eigenvalue weighted by Gasteiger charge is 2.27. The SMILES string of the molecule is CCOc1ccc(CC2NNC(SCC(=O)Nc3ccc(C(C)=O)cc3)NC2=O)cc1. The summed E-state index contributed by atoms with van der Waals surface area (Å²) in [6.07, 6.45) is 0.527. The highest BCUT2D eigenvalue weighted by atomic mass is 32.2.